The van der Waals surface area contributed by atoms with Crippen LogP contribution in [-0.2, 0) is 6.54 Å². The van der Waals surface area contributed by atoms with Gasteiger partial charge >= 0.3 is 0 Å². The molecule has 0 heterocycles. The largest absolute Gasteiger partial charge is 0.490 e. The van der Waals surface area contributed by atoms with Crippen molar-refractivity contribution in [1.82, 2.24) is 5.32 Å². The van der Waals surface area contributed by atoms with Crippen molar-refractivity contribution in [3.63, 3.8) is 0 Å². The van der Waals surface area contributed by atoms with Crippen molar-refractivity contribution in [2.45, 2.75) is 13.5 Å². The summed E-state index contributed by atoms with van der Waals surface area (Å²) in [5.74, 6) is 1.33. The first-order valence-electron chi connectivity index (χ1n) is 5.56. The molecule has 5 heteroatoms. The molecule has 2 N–H and O–H groups in total. The molecule has 0 aliphatic rings. The number of halogens is 1. The lowest BCUT2D eigenvalue weighted by Crippen LogP contribution is -2.08. The topological polar surface area (TPSA) is 50.7 Å². The van der Waals surface area contributed by atoms with Crippen molar-refractivity contribution < 1.29 is 14.6 Å². The molecule has 4 nitrogen and oxygen atoms in total. The van der Waals surface area contributed by atoms with E-state index < -0.39 is 0 Å². The zero-order valence-electron chi connectivity index (χ0n) is 10.1. The second-order valence-corrected chi connectivity index (χ2v) is 4.29. The van der Waals surface area contributed by atoms with Gasteiger partial charge in [-0.15, -0.1) is 0 Å². The zero-order chi connectivity index (χ0) is 12.7. The van der Waals surface area contributed by atoms with Gasteiger partial charge in [-0.3, -0.25) is 0 Å². The van der Waals surface area contributed by atoms with E-state index in [0.717, 1.165) is 16.6 Å². The van der Waals surface area contributed by atoms with Gasteiger partial charge in [-0.1, -0.05) is 0 Å². The molecule has 0 saturated carbocycles. The average molecular weight is 304 g/mol. The van der Waals surface area contributed by atoms with Gasteiger partial charge in [0.1, 0.15) is 6.61 Å². The van der Waals surface area contributed by atoms with E-state index in [-0.39, 0.29) is 13.2 Å². The van der Waals surface area contributed by atoms with Crippen LogP contribution in [0, 0.1) is 0 Å². The van der Waals surface area contributed by atoms with Gasteiger partial charge in [0, 0.05) is 6.54 Å². The summed E-state index contributed by atoms with van der Waals surface area (Å²) in [6.07, 6.45) is 0. The molecule has 0 unspecified atom stereocenters. The standard InChI is InChI=1S/C12H18BrNO3/c1-3-16-11-7-9(8-14-2)6-10(13)12(11)17-5-4-15/h6-7,14-15H,3-5,8H2,1-2H3. The van der Waals surface area contributed by atoms with Crippen LogP contribution < -0.4 is 14.8 Å². The molecule has 0 radical (unpaired) electrons. The molecular formula is C12H18BrNO3. The molecule has 1 aromatic rings. The van der Waals surface area contributed by atoms with E-state index in [1.54, 1.807) is 0 Å². The van der Waals surface area contributed by atoms with Crippen LogP contribution in [0.1, 0.15) is 12.5 Å². The number of rotatable bonds is 7. The number of ether oxygens (including phenoxy) is 2. The maximum Gasteiger partial charge on any atom is 0.175 e. The van der Waals surface area contributed by atoms with Crippen LogP contribution in [-0.4, -0.2) is 32.0 Å². The molecule has 0 aromatic heterocycles. The first kappa shape index (κ1) is 14.3. The van der Waals surface area contributed by atoms with Crippen LogP contribution in [0.25, 0.3) is 0 Å². The van der Waals surface area contributed by atoms with Crippen LogP contribution in [0.2, 0.25) is 0 Å². The maximum absolute atomic E-state index is 8.79. The fourth-order valence-electron chi connectivity index (χ4n) is 1.48. The molecule has 0 aliphatic heterocycles. The first-order chi connectivity index (χ1) is 8.22. The van der Waals surface area contributed by atoms with Gasteiger partial charge in [0.05, 0.1) is 17.7 Å². The van der Waals surface area contributed by atoms with E-state index in [9.17, 15) is 0 Å². The Labute approximate surface area is 110 Å². The van der Waals surface area contributed by atoms with Crippen molar-refractivity contribution in [2.24, 2.45) is 0 Å². The van der Waals surface area contributed by atoms with Crippen LogP contribution in [0.3, 0.4) is 0 Å². The monoisotopic (exact) mass is 303 g/mol. The molecule has 0 aliphatic carbocycles. The summed E-state index contributed by atoms with van der Waals surface area (Å²) in [7, 11) is 1.89. The number of nitrogens with one attached hydrogen (secondary N) is 1. The van der Waals surface area contributed by atoms with E-state index in [1.165, 1.54) is 0 Å². The van der Waals surface area contributed by atoms with Crippen molar-refractivity contribution in [3.8, 4) is 11.5 Å². The van der Waals surface area contributed by atoms with E-state index in [1.807, 2.05) is 26.1 Å². The van der Waals surface area contributed by atoms with Crippen LogP contribution in [0.5, 0.6) is 11.5 Å². The first-order valence-corrected chi connectivity index (χ1v) is 6.35. The molecule has 96 valence electrons. The average Bonchev–Trinajstić information content (AvgIpc) is 2.29. The van der Waals surface area contributed by atoms with Gasteiger partial charge in [-0.25, -0.2) is 0 Å². The van der Waals surface area contributed by atoms with E-state index in [4.69, 9.17) is 14.6 Å². The minimum Gasteiger partial charge on any atom is -0.490 e. The van der Waals surface area contributed by atoms with Gasteiger partial charge < -0.3 is 19.9 Å². The Kier molecular flexibility index (Phi) is 6.32. The SMILES string of the molecule is CCOc1cc(CNC)cc(Br)c1OCCO. The Balaban J connectivity index is 2.99. The fraction of sp³-hybridized carbons (Fsp3) is 0.500. The van der Waals surface area contributed by atoms with Crippen LogP contribution >= 0.6 is 15.9 Å². The molecule has 1 aromatic carbocycles. The normalized spacial score (nSPS) is 10.4. The van der Waals surface area contributed by atoms with Crippen molar-refractivity contribution >= 4 is 15.9 Å². The third-order valence-electron chi connectivity index (χ3n) is 2.09. The zero-order valence-corrected chi connectivity index (χ0v) is 11.7. The number of hydrogen-bond donors (Lipinski definition) is 2. The molecule has 0 fully saturated rings. The number of hydrogen-bond acceptors (Lipinski definition) is 4. The minimum absolute atomic E-state index is 0.0176. The molecule has 0 saturated heterocycles. The summed E-state index contributed by atoms with van der Waals surface area (Å²) >= 11 is 3.45. The number of aliphatic hydroxyl groups excluding tert-OH is 1. The number of benzene rings is 1. The van der Waals surface area contributed by atoms with Crippen molar-refractivity contribution in [1.29, 1.82) is 0 Å². The smallest absolute Gasteiger partial charge is 0.175 e. The Morgan fingerprint density at radius 1 is 1.35 bits per heavy atom. The minimum atomic E-state index is -0.0176. The summed E-state index contributed by atoms with van der Waals surface area (Å²) in [4.78, 5) is 0. The van der Waals surface area contributed by atoms with Crippen molar-refractivity contribution in [3.05, 3.63) is 22.2 Å². The summed E-state index contributed by atoms with van der Waals surface area (Å²) < 4.78 is 11.8. The maximum atomic E-state index is 8.79. The van der Waals surface area contributed by atoms with E-state index >= 15 is 0 Å². The molecule has 17 heavy (non-hydrogen) atoms. The third kappa shape index (κ3) is 4.18. The molecular weight excluding hydrogens is 286 g/mol. The molecule has 0 spiro atoms. The summed E-state index contributed by atoms with van der Waals surface area (Å²) in [6.45, 7) is 3.50. The van der Waals surface area contributed by atoms with Crippen molar-refractivity contribution in [2.75, 3.05) is 26.9 Å². The lowest BCUT2D eigenvalue weighted by molar-refractivity contribution is 0.193. The molecule has 0 atom stereocenters. The lowest BCUT2D eigenvalue weighted by Gasteiger charge is -2.14. The Bertz CT molecular complexity index is 358. The Morgan fingerprint density at radius 3 is 2.71 bits per heavy atom. The fourth-order valence-corrected chi connectivity index (χ4v) is 2.08. The summed E-state index contributed by atoms with van der Waals surface area (Å²) in [5, 5.41) is 11.9. The predicted molar refractivity (Wildman–Crippen MR) is 70.7 cm³/mol. The summed E-state index contributed by atoms with van der Waals surface area (Å²) in [6, 6.07) is 3.92. The van der Waals surface area contributed by atoms with Crippen LogP contribution in [0.15, 0.2) is 16.6 Å². The highest BCUT2D eigenvalue weighted by Gasteiger charge is 2.11. The second kappa shape index (κ2) is 7.53. The van der Waals surface area contributed by atoms with E-state index in [0.29, 0.717) is 18.1 Å². The predicted octanol–water partition coefficient (Wildman–Crippen LogP) is 1.94. The highest BCUT2D eigenvalue weighted by atomic mass is 79.9. The Morgan fingerprint density at radius 2 is 2.12 bits per heavy atom. The van der Waals surface area contributed by atoms with Gasteiger partial charge in [-0.05, 0) is 47.6 Å². The quantitative estimate of drug-likeness (QED) is 0.808. The second-order valence-electron chi connectivity index (χ2n) is 3.44. The molecule has 1 rings (SSSR count). The third-order valence-corrected chi connectivity index (χ3v) is 2.68. The van der Waals surface area contributed by atoms with Gasteiger partial charge in [0.15, 0.2) is 11.5 Å². The van der Waals surface area contributed by atoms with Crippen LogP contribution in [0.4, 0.5) is 0 Å². The molecule has 0 amide bonds. The number of aliphatic hydroxyl groups is 1. The lowest BCUT2D eigenvalue weighted by atomic mass is 10.2. The van der Waals surface area contributed by atoms with Gasteiger partial charge in [-0.2, -0.15) is 0 Å². The highest BCUT2D eigenvalue weighted by molar-refractivity contribution is 9.10. The molecule has 0 bridgehead atoms. The van der Waals surface area contributed by atoms with Gasteiger partial charge in [0.2, 0.25) is 0 Å². The van der Waals surface area contributed by atoms with Gasteiger partial charge in [0.25, 0.3) is 0 Å². The summed E-state index contributed by atoms with van der Waals surface area (Å²) in [5.41, 5.74) is 1.11. The van der Waals surface area contributed by atoms with E-state index in [2.05, 4.69) is 21.2 Å². The Hall–Kier alpha value is -0.780. The highest BCUT2D eigenvalue weighted by Crippen LogP contribution is 2.36.